The highest BCUT2D eigenvalue weighted by Crippen LogP contribution is 2.23. The molecule has 0 spiro atoms. The van der Waals surface area contributed by atoms with Crippen molar-refractivity contribution < 1.29 is 9.90 Å². The van der Waals surface area contributed by atoms with E-state index >= 15 is 0 Å². The molecule has 1 amide bonds. The highest BCUT2D eigenvalue weighted by molar-refractivity contribution is 7.17. The number of thiophene rings is 1. The molecule has 1 N–H and O–H groups in total. The molecule has 0 saturated carbocycles. The summed E-state index contributed by atoms with van der Waals surface area (Å²) in [7, 11) is 0. The first kappa shape index (κ1) is 12.6. The second-order valence-electron chi connectivity index (χ2n) is 3.99. The van der Waals surface area contributed by atoms with Crippen molar-refractivity contribution in [3.8, 4) is 0 Å². The molecule has 0 radical (unpaired) electrons. The maximum atomic E-state index is 11.9. The van der Waals surface area contributed by atoms with E-state index in [-0.39, 0.29) is 18.6 Å². The fourth-order valence-corrected chi connectivity index (χ4v) is 2.95. The first-order valence-corrected chi connectivity index (χ1v) is 6.75. The number of aliphatic hydroxyl groups is 1. The number of aliphatic hydroxyl groups excluding tert-OH is 1. The Labute approximate surface area is 109 Å². The van der Waals surface area contributed by atoms with Crippen LogP contribution in [0.4, 0.5) is 0 Å². The van der Waals surface area contributed by atoms with Gasteiger partial charge in [0.05, 0.1) is 17.0 Å². The predicted octanol–water partition coefficient (Wildman–Crippen LogP) is 2.40. The zero-order chi connectivity index (χ0) is 12.3. The average Bonchev–Trinajstić information content (AvgIpc) is 2.94. The van der Waals surface area contributed by atoms with Gasteiger partial charge >= 0.3 is 0 Å². The summed E-state index contributed by atoms with van der Waals surface area (Å²) in [4.78, 5) is 14.6. The summed E-state index contributed by atoms with van der Waals surface area (Å²) in [5.74, 6) is -0.0360. The van der Waals surface area contributed by atoms with Crippen LogP contribution in [0.15, 0.2) is 18.2 Å². The summed E-state index contributed by atoms with van der Waals surface area (Å²) >= 11 is 7.24. The minimum absolute atomic E-state index is 0.0147. The van der Waals surface area contributed by atoms with Crippen LogP contribution in [-0.2, 0) is 4.79 Å². The minimum atomic E-state index is -0.0360. The third kappa shape index (κ3) is 3.09. The Morgan fingerprint density at radius 3 is 3.12 bits per heavy atom. The van der Waals surface area contributed by atoms with Crippen molar-refractivity contribution in [1.29, 1.82) is 0 Å². The molecule has 1 saturated heterocycles. The average molecular weight is 272 g/mol. The SMILES string of the molecule is O=C(/C=C/c1ccc(Cl)s1)N1CCC[C@H]1CO. The number of nitrogens with zero attached hydrogens (tertiary/aromatic N) is 1. The van der Waals surface area contributed by atoms with Gasteiger partial charge in [-0.3, -0.25) is 4.79 Å². The molecule has 1 aliphatic heterocycles. The Morgan fingerprint density at radius 1 is 1.65 bits per heavy atom. The largest absolute Gasteiger partial charge is 0.394 e. The van der Waals surface area contributed by atoms with E-state index in [1.165, 1.54) is 11.3 Å². The zero-order valence-corrected chi connectivity index (χ0v) is 10.9. The Kier molecular flexibility index (Phi) is 4.20. The minimum Gasteiger partial charge on any atom is -0.394 e. The summed E-state index contributed by atoms with van der Waals surface area (Å²) in [6, 6.07) is 3.67. The van der Waals surface area contributed by atoms with Crippen LogP contribution >= 0.6 is 22.9 Å². The lowest BCUT2D eigenvalue weighted by Crippen LogP contribution is -2.36. The molecular formula is C12H14ClNO2S. The van der Waals surface area contributed by atoms with Gasteiger partial charge in [0.25, 0.3) is 0 Å². The molecule has 2 rings (SSSR count). The van der Waals surface area contributed by atoms with Crippen molar-refractivity contribution in [2.24, 2.45) is 0 Å². The maximum absolute atomic E-state index is 11.9. The van der Waals surface area contributed by atoms with Crippen LogP contribution in [0.2, 0.25) is 4.34 Å². The summed E-state index contributed by atoms with van der Waals surface area (Å²) in [5.41, 5.74) is 0. The summed E-state index contributed by atoms with van der Waals surface area (Å²) < 4.78 is 0.714. The topological polar surface area (TPSA) is 40.5 Å². The molecule has 1 aromatic rings. The van der Waals surface area contributed by atoms with Crippen molar-refractivity contribution in [2.75, 3.05) is 13.2 Å². The van der Waals surface area contributed by atoms with E-state index in [9.17, 15) is 4.79 Å². The van der Waals surface area contributed by atoms with Crippen molar-refractivity contribution in [2.45, 2.75) is 18.9 Å². The van der Waals surface area contributed by atoms with E-state index in [0.29, 0.717) is 4.34 Å². The lowest BCUT2D eigenvalue weighted by Gasteiger charge is -2.21. The van der Waals surface area contributed by atoms with Gasteiger partial charge in [0.15, 0.2) is 0 Å². The predicted molar refractivity (Wildman–Crippen MR) is 70.2 cm³/mol. The smallest absolute Gasteiger partial charge is 0.246 e. The number of halogens is 1. The zero-order valence-electron chi connectivity index (χ0n) is 9.30. The van der Waals surface area contributed by atoms with E-state index in [1.807, 2.05) is 12.1 Å². The van der Waals surface area contributed by atoms with Crippen molar-refractivity contribution in [3.05, 3.63) is 27.4 Å². The van der Waals surface area contributed by atoms with Crippen LogP contribution < -0.4 is 0 Å². The van der Waals surface area contributed by atoms with E-state index in [0.717, 1.165) is 24.3 Å². The standard InChI is InChI=1S/C12H14ClNO2S/c13-11-5-3-10(17-11)4-6-12(16)14-7-1-2-9(14)8-15/h3-6,9,15H,1-2,7-8H2/b6-4+/t9-/m0/s1. The molecule has 3 nitrogen and oxygen atoms in total. The van der Waals surface area contributed by atoms with Crippen LogP contribution in [0.3, 0.4) is 0 Å². The monoisotopic (exact) mass is 271 g/mol. The van der Waals surface area contributed by atoms with Crippen LogP contribution in [0.1, 0.15) is 17.7 Å². The molecule has 5 heteroatoms. The third-order valence-electron chi connectivity index (χ3n) is 2.86. The molecule has 1 aliphatic rings. The van der Waals surface area contributed by atoms with Gasteiger partial charge in [0.1, 0.15) is 0 Å². The highest BCUT2D eigenvalue weighted by Gasteiger charge is 2.26. The molecule has 0 unspecified atom stereocenters. The van der Waals surface area contributed by atoms with Crippen LogP contribution in [0.25, 0.3) is 6.08 Å². The first-order valence-electron chi connectivity index (χ1n) is 5.55. The summed E-state index contributed by atoms with van der Waals surface area (Å²) in [6.07, 6.45) is 5.18. The van der Waals surface area contributed by atoms with Gasteiger partial charge in [0.2, 0.25) is 5.91 Å². The molecule has 1 fully saturated rings. The maximum Gasteiger partial charge on any atom is 0.246 e. The van der Waals surface area contributed by atoms with Gasteiger partial charge in [0, 0.05) is 17.5 Å². The van der Waals surface area contributed by atoms with Gasteiger partial charge in [-0.15, -0.1) is 11.3 Å². The van der Waals surface area contributed by atoms with E-state index in [4.69, 9.17) is 16.7 Å². The van der Waals surface area contributed by atoms with Gasteiger partial charge in [-0.25, -0.2) is 0 Å². The van der Waals surface area contributed by atoms with Crippen LogP contribution in [-0.4, -0.2) is 35.1 Å². The van der Waals surface area contributed by atoms with Crippen molar-refractivity contribution in [3.63, 3.8) is 0 Å². The number of amides is 1. The van der Waals surface area contributed by atoms with Crippen molar-refractivity contribution in [1.82, 2.24) is 4.90 Å². The quantitative estimate of drug-likeness (QED) is 0.858. The van der Waals surface area contributed by atoms with E-state index in [1.54, 1.807) is 17.1 Å². The van der Waals surface area contributed by atoms with E-state index < -0.39 is 0 Å². The molecule has 1 aromatic heterocycles. The highest BCUT2D eigenvalue weighted by atomic mass is 35.5. The Morgan fingerprint density at radius 2 is 2.47 bits per heavy atom. The van der Waals surface area contributed by atoms with Crippen molar-refractivity contribution >= 4 is 34.9 Å². The van der Waals surface area contributed by atoms with Crippen LogP contribution in [0.5, 0.6) is 0 Å². The Balaban J connectivity index is 1.99. The summed E-state index contributed by atoms with van der Waals surface area (Å²) in [5, 5.41) is 9.14. The number of hydrogen-bond donors (Lipinski definition) is 1. The Bertz CT molecular complexity index is 430. The number of hydrogen-bond acceptors (Lipinski definition) is 3. The number of carbonyl (C=O) groups excluding carboxylic acids is 1. The molecule has 1 atom stereocenters. The normalized spacial score (nSPS) is 20.4. The van der Waals surface area contributed by atoms with Crippen LogP contribution in [0, 0.1) is 0 Å². The molecule has 0 aliphatic carbocycles. The molecular weight excluding hydrogens is 258 g/mol. The van der Waals surface area contributed by atoms with Gasteiger partial charge in [-0.05, 0) is 31.1 Å². The summed E-state index contributed by atoms with van der Waals surface area (Å²) in [6.45, 7) is 0.782. The molecule has 0 bridgehead atoms. The molecule has 17 heavy (non-hydrogen) atoms. The molecule has 2 heterocycles. The lowest BCUT2D eigenvalue weighted by atomic mass is 10.2. The van der Waals surface area contributed by atoms with E-state index in [2.05, 4.69) is 0 Å². The second kappa shape index (κ2) is 5.67. The fraction of sp³-hybridized carbons (Fsp3) is 0.417. The first-order chi connectivity index (χ1) is 8.20. The Hall–Kier alpha value is -0.840. The van der Waals surface area contributed by atoms with Gasteiger partial charge in [-0.1, -0.05) is 11.6 Å². The number of rotatable bonds is 3. The van der Waals surface area contributed by atoms with Gasteiger partial charge < -0.3 is 10.0 Å². The number of likely N-dealkylation sites (tertiary alicyclic amines) is 1. The fourth-order valence-electron chi connectivity index (χ4n) is 1.98. The molecule has 92 valence electrons. The van der Waals surface area contributed by atoms with Gasteiger partial charge in [-0.2, -0.15) is 0 Å². The second-order valence-corrected chi connectivity index (χ2v) is 5.73. The molecule has 0 aromatic carbocycles. The third-order valence-corrected chi connectivity index (χ3v) is 4.05. The number of carbonyl (C=O) groups is 1. The lowest BCUT2D eigenvalue weighted by molar-refractivity contribution is -0.127.